The van der Waals surface area contributed by atoms with Gasteiger partial charge in [-0.3, -0.25) is 0 Å². The number of para-hydroxylation sites is 2. The van der Waals surface area contributed by atoms with Gasteiger partial charge in [0.15, 0.2) is 0 Å². The van der Waals surface area contributed by atoms with Crippen LogP contribution in [-0.4, -0.2) is 32.3 Å². The Hall–Kier alpha value is -2.69. The summed E-state index contributed by atoms with van der Waals surface area (Å²) in [4.78, 5) is 14.6. The number of nitrogens with one attached hydrogen (secondary N) is 2. The predicted molar refractivity (Wildman–Crippen MR) is 111 cm³/mol. The smallest absolute Gasteiger partial charge is 0.319 e. The monoisotopic (exact) mass is 367 g/mol. The molecule has 144 valence electrons. The second-order valence-electron chi connectivity index (χ2n) is 6.71. The predicted octanol–water partition coefficient (Wildman–Crippen LogP) is 4.22. The highest BCUT2D eigenvalue weighted by Crippen LogP contribution is 2.28. The number of amides is 2. The van der Waals surface area contributed by atoms with Crippen molar-refractivity contribution in [1.29, 1.82) is 0 Å². The summed E-state index contributed by atoms with van der Waals surface area (Å²) in [6.07, 6.45) is 3.17. The Labute approximate surface area is 161 Å². The van der Waals surface area contributed by atoms with E-state index in [4.69, 9.17) is 4.74 Å². The van der Waals surface area contributed by atoms with Gasteiger partial charge in [0.2, 0.25) is 0 Å². The van der Waals surface area contributed by atoms with Gasteiger partial charge < -0.3 is 20.3 Å². The molecule has 0 saturated carbocycles. The molecule has 3 rings (SSSR count). The molecule has 1 aliphatic rings. The van der Waals surface area contributed by atoms with Gasteiger partial charge in [-0.25, -0.2) is 4.79 Å². The number of ether oxygens (including phenoxy) is 1. The van der Waals surface area contributed by atoms with Gasteiger partial charge in [-0.05, 0) is 62.4 Å². The molecule has 5 heteroatoms. The second kappa shape index (κ2) is 9.31. The summed E-state index contributed by atoms with van der Waals surface area (Å²) in [5, 5.41) is 5.80. The third-order valence-electron chi connectivity index (χ3n) is 4.87. The van der Waals surface area contributed by atoms with E-state index in [0.717, 1.165) is 25.9 Å². The maximum atomic E-state index is 12.2. The third kappa shape index (κ3) is 4.94. The quantitative estimate of drug-likeness (QED) is 0.770. The standard InChI is InChI=1S/C22H29N3O2/c1-3-25-15-7-8-18-16-17(11-12-20(18)25)13-14-23-22(26)24-19-9-5-6-10-21(19)27-4-2/h5-6,9-12,16H,3-4,7-8,13-15H2,1-2H3,(H2,23,24,26). The average molecular weight is 367 g/mol. The van der Waals surface area contributed by atoms with E-state index in [9.17, 15) is 4.79 Å². The minimum atomic E-state index is -0.211. The molecule has 0 fully saturated rings. The van der Waals surface area contributed by atoms with Crippen LogP contribution in [0.1, 0.15) is 31.4 Å². The van der Waals surface area contributed by atoms with Crippen LogP contribution < -0.4 is 20.3 Å². The number of carbonyl (C=O) groups excluding carboxylic acids is 1. The van der Waals surface area contributed by atoms with Gasteiger partial charge in [0.1, 0.15) is 5.75 Å². The van der Waals surface area contributed by atoms with Crippen molar-refractivity contribution in [2.45, 2.75) is 33.1 Å². The van der Waals surface area contributed by atoms with E-state index in [-0.39, 0.29) is 6.03 Å². The Morgan fingerprint density at radius 2 is 2.04 bits per heavy atom. The van der Waals surface area contributed by atoms with E-state index in [0.29, 0.717) is 24.6 Å². The Balaban J connectivity index is 1.52. The lowest BCUT2D eigenvalue weighted by molar-refractivity contribution is 0.252. The van der Waals surface area contributed by atoms with Gasteiger partial charge >= 0.3 is 6.03 Å². The molecule has 2 N–H and O–H groups in total. The van der Waals surface area contributed by atoms with E-state index < -0.39 is 0 Å². The molecule has 0 atom stereocenters. The van der Waals surface area contributed by atoms with Gasteiger partial charge in [0.05, 0.1) is 12.3 Å². The number of nitrogens with zero attached hydrogens (tertiary/aromatic N) is 1. The molecule has 0 aliphatic carbocycles. The first-order valence-corrected chi connectivity index (χ1v) is 9.84. The number of hydrogen-bond donors (Lipinski definition) is 2. The molecular weight excluding hydrogens is 338 g/mol. The fraction of sp³-hybridized carbons (Fsp3) is 0.409. The van der Waals surface area contributed by atoms with Crippen molar-refractivity contribution in [1.82, 2.24) is 5.32 Å². The SMILES string of the molecule is CCOc1ccccc1NC(=O)NCCc1ccc2c(c1)CCCN2CC. The van der Waals surface area contributed by atoms with E-state index >= 15 is 0 Å². The van der Waals surface area contributed by atoms with Crippen LogP contribution in [-0.2, 0) is 12.8 Å². The number of aryl methyl sites for hydroxylation is 1. The highest BCUT2D eigenvalue weighted by molar-refractivity contribution is 5.90. The Morgan fingerprint density at radius 3 is 2.85 bits per heavy atom. The van der Waals surface area contributed by atoms with Crippen LogP contribution in [0.3, 0.4) is 0 Å². The summed E-state index contributed by atoms with van der Waals surface area (Å²) in [5.41, 5.74) is 4.74. The number of carbonyl (C=O) groups is 1. The zero-order valence-corrected chi connectivity index (χ0v) is 16.3. The van der Waals surface area contributed by atoms with Crippen LogP contribution in [0.2, 0.25) is 0 Å². The summed E-state index contributed by atoms with van der Waals surface area (Å²) < 4.78 is 5.54. The summed E-state index contributed by atoms with van der Waals surface area (Å²) in [5.74, 6) is 0.685. The number of benzene rings is 2. The third-order valence-corrected chi connectivity index (χ3v) is 4.87. The largest absolute Gasteiger partial charge is 0.492 e. The van der Waals surface area contributed by atoms with Gasteiger partial charge in [-0.2, -0.15) is 0 Å². The zero-order valence-electron chi connectivity index (χ0n) is 16.3. The van der Waals surface area contributed by atoms with E-state index in [1.165, 1.54) is 23.2 Å². The molecule has 0 saturated heterocycles. The normalized spacial score (nSPS) is 13.0. The molecule has 5 nitrogen and oxygen atoms in total. The van der Waals surface area contributed by atoms with E-state index in [1.54, 1.807) is 0 Å². The molecule has 1 aliphatic heterocycles. The van der Waals surface area contributed by atoms with Crippen molar-refractivity contribution in [2.24, 2.45) is 0 Å². The molecule has 0 spiro atoms. The number of anilines is 2. The van der Waals surface area contributed by atoms with Crippen molar-refractivity contribution in [3.8, 4) is 5.75 Å². The van der Waals surface area contributed by atoms with Crippen LogP contribution >= 0.6 is 0 Å². The Kier molecular flexibility index (Phi) is 6.58. The first-order valence-electron chi connectivity index (χ1n) is 9.84. The fourth-order valence-electron chi connectivity index (χ4n) is 3.55. The van der Waals surface area contributed by atoms with Gasteiger partial charge in [-0.15, -0.1) is 0 Å². The molecular formula is C22H29N3O2. The number of rotatable bonds is 7. The van der Waals surface area contributed by atoms with Crippen molar-refractivity contribution < 1.29 is 9.53 Å². The molecule has 0 radical (unpaired) electrons. The van der Waals surface area contributed by atoms with Crippen molar-refractivity contribution in [2.75, 3.05) is 36.5 Å². The molecule has 1 heterocycles. The molecule has 2 aromatic carbocycles. The molecule has 0 unspecified atom stereocenters. The topological polar surface area (TPSA) is 53.6 Å². The molecule has 27 heavy (non-hydrogen) atoms. The van der Waals surface area contributed by atoms with Gasteiger partial charge in [0.25, 0.3) is 0 Å². The lowest BCUT2D eigenvalue weighted by Crippen LogP contribution is -2.31. The first-order chi connectivity index (χ1) is 13.2. The molecule has 2 amide bonds. The van der Waals surface area contributed by atoms with Crippen LogP contribution in [0.5, 0.6) is 5.75 Å². The van der Waals surface area contributed by atoms with Crippen molar-refractivity contribution in [3.05, 3.63) is 53.6 Å². The summed E-state index contributed by atoms with van der Waals surface area (Å²) >= 11 is 0. The zero-order chi connectivity index (χ0) is 19.1. The summed E-state index contributed by atoms with van der Waals surface area (Å²) in [6, 6.07) is 14.0. The number of fused-ring (bicyclic) bond motifs is 1. The molecule has 0 aromatic heterocycles. The fourth-order valence-corrected chi connectivity index (χ4v) is 3.55. The van der Waals surface area contributed by atoms with Crippen LogP contribution in [0.25, 0.3) is 0 Å². The first kappa shape index (κ1) is 19.1. The van der Waals surface area contributed by atoms with Crippen LogP contribution in [0, 0.1) is 0 Å². The van der Waals surface area contributed by atoms with E-state index in [2.05, 4.69) is 40.7 Å². The minimum absolute atomic E-state index is 0.211. The van der Waals surface area contributed by atoms with Crippen LogP contribution in [0.15, 0.2) is 42.5 Å². The minimum Gasteiger partial charge on any atom is -0.492 e. The highest BCUT2D eigenvalue weighted by Gasteiger charge is 2.15. The number of hydrogen-bond acceptors (Lipinski definition) is 3. The maximum Gasteiger partial charge on any atom is 0.319 e. The van der Waals surface area contributed by atoms with E-state index in [1.807, 2.05) is 31.2 Å². The Morgan fingerprint density at radius 1 is 1.19 bits per heavy atom. The van der Waals surface area contributed by atoms with Crippen molar-refractivity contribution >= 4 is 17.4 Å². The van der Waals surface area contributed by atoms with Gasteiger partial charge in [0, 0.05) is 25.3 Å². The Bertz CT molecular complexity index is 776. The second-order valence-corrected chi connectivity index (χ2v) is 6.71. The van der Waals surface area contributed by atoms with Crippen LogP contribution in [0.4, 0.5) is 16.2 Å². The molecule has 2 aromatic rings. The summed E-state index contributed by atoms with van der Waals surface area (Å²) in [6.45, 7) is 7.49. The highest BCUT2D eigenvalue weighted by atomic mass is 16.5. The lowest BCUT2D eigenvalue weighted by Gasteiger charge is -2.30. The average Bonchev–Trinajstić information content (AvgIpc) is 2.69. The number of urea groups is 1. The molecule has 0 bridgehead atoms. The lowest BCUT2D eigenvalue weighted by atomic mass is 9.98. The summed E-state index contributed by atoms with van der Waals surface area (Å²) in [7, 11) is 0. The van der Waals surface area contributed by atoms with Crippen molar-refractivity contribution in [3.63, 3.8) is 0 Å². The van der Waals surface area contributed by atoms with Gasteiger partial charge in [-0.1, -0.05) is 24.3 Å². The maximum absolute atomic E-state index is 12.2.